The van der Waals surface area contributed by atoms with Gasteiger partial charge in [0.2, 0.25) is 0 Å². The van der Waals surface area contributed by atoms with Gasteiger partial charge in [-0.15, -0.1) is 0 Å². The number of nitrogens with zero attached hydrogens (tertiary/aromatic N) is 5. The average molecular weight is 742 g/mol. The van der Waals surface area contributed by atoms with Gasteiger partial charge in [-0.1, -0.05) is 200 Å². The van der Waals surface area contributed by atoms with Crippen molar-refractivity contribution in [2.45, 2.75) is 0 Å². The Kier molecular flexibility index (Phi) is 9.14. The van der Waals surface area contributed by atoms with Crippen LogP contribution < -0.4 is 0 Å². The summed E-state index contributed by atoms with van der Waals surface area (Å²) in [7, 11) is 0. The van der Waals surface area contributed by atoms with Crippen LogP contribution >= 0.6 is 0 Å². The molecule has 8 aromatic carbocycles. The van der Waals surface area contributed by atoms with Crippen LogP contribution in [0.4, 0.5) is 0 Å². The molecule has 2 aromatic heterocycles. The van der Waals surface area contributed by atoms with Gasteiger partial charge in [0.1, 0.15) is 0 Å². The van der Waals surface area contributed by atoms with Crippen molar-refractivity contribution in [2.75, 3.05) is 0 Å². The fourth-order valence-corrected chi connectivity index (χ4v) is 7.47. The lowest BCUT2D eigenvalue weighted by molar-refractivity contribution is 1.07. The number of hydrogen-bond donors (Lipinski definition) is 0. The monoisotopic (exact) mass is 741 g/mol. The first-order chi connectivity index (χ1) is 28.7. The van der Waals surface area contributed by atoms with E-state index in [0.717, 1.165) is 67.0 Å². The summed E-state index contributed by atoms with van der Waals surface area (Å²) in [6.07, 6.45) is 0. The molecule has 10 rings (SSSR count). The van der Waals surface area contributed by atoms with E-state index >= 15 is 0 Å². The molecule has 0 saturated carbocycles. The summed E-state index contributed by atoms with van der Waals surface area (Å²) in [5.74, 6) is 2.61. The third kappa shape index (κ3) is 6.93. The Labute approximate surface area is 337 Å². The topological polar surface area (TPSA) is 64.5 Å². The van der Waals surface area contributed by atoms with E-state index in [9.17, 15) is 0 Å². The average Bonchev–Trinajstić information content (AvgIpc) is 3.32. The van der Waals surface area contributed by atoms with Crippen LogP contribution in [-0.2, 0) is 0 Å². The molecule has 2 heterocycles. The number of fused-ring (bicyclic) bond motifs is 1. The Morgan fingerprint density at radius 1 is 0.224 bits per heavy atom. The predicted molar refractivity (Wildman–Crippen MR) is 236 cm³/mol. The van der Waals surface area contributed by atoms with Crippen molar-refractivity contribution in [3.05, 3.63) is 212 Å². The van der Waals surface area contributed by atoms with E-state index in [0.29, 0.717) is 23.3 Å². The van der Waals surface area contributed by atoms with E-state index in [1.807, 2.05) is 97.1 Å². The first-order valence-electron chi connectivity index (χ1n) is 19.3. The molecule has 0 amide bonds. The Balaban J connectivity index is 1.05. The van der Waals surface area contributed by atoms with Crippen molar-refractivity contribution in [3.8, 4) is 90.3 Å². The summed E-state index contributed by atoms with van der Waals surface area (Å²) in [4.78, 5) is 24.9. The molecule has 0 atom stereocenters. The fraction of sp³-hybridized carbons (Fsp3) is 0. The van der Waals surface area contributed by atoms with Gasteiger partial charge in [0.25, 0.3) is 0 Å². The van der Waals surface area contributed by atoms with Crippen LogP contribution in [0.15, 0.2) is 212 Å². The van der Waals surface area contributed by atoms with E-state index in [1.165, 1.54) is 10.8 Å². The predicted octanol–water partition coefficient (Wildman–Crippen LogP) is 13.2. The van der Waals surface area contributed by atoms with Crippen molar-refractivity contribution in [1.82, 2.24) is 24.9 Å². The minimum atomic E-state index is 0.630. The lowest BCUT2D eigenvalue weighted by Gasteiger charge is -2.14. The van der Waals surface area contributed by atoms with Gasteiger partial charge in [-0.25, -0.2) is 24.9 Å². The Hall–Kier alpha value is -7.89. The van der Waals surface area contributed by atoms with Crippen LogP contribution in [0.2, 0.25) is 0 Å². The van der Waals surface area contributed by atoms with E-state index < -0.39 is 0 Å². The Morgan fingerprint density at radius 2 is 0.586 bits per heavy atom. The van der Waals surface area contributed by atoms with Crippen LogP contribution in [-0.4, -0.2) is 24.9 Å². The SMILES string of the molecule is c1ccc(-c2cc(-c3cccc(-c4cccc5cccc(-c6ccc(-c7nc(-c8ccccc8)nc(-c8ccccc8)n7)cc6)c45)c3)nc(-c3ccccc3)n2)cc1. The van der Waals surface area contributed by atoms with Crippen molar-refractivity contribution >= 4 is 10.8 Å². The maximum atomic E-state index is 5.11. The van der Waals surface area contributed by atoms with Crippen molar-refractivity contribution in [1.29, 1.82) is 0 Å². The molecule has 0 unspecified atom stereocenters. The number of aromatic nitrogens is 5. The second-order valence-corrected chi connectivity index (χ2v) is 14.1. The molecule has 0 aliphatic carbocycles. The lowest BCUT2D eigenvalue weighted by atomic mass is 9.90. The van der Waals surface area contributed by atoms with E-state index in [2.05, 4.69) is 115 Å². The third-order valence-electron chi connectivity index (χ3n) is 10.4. The summed E-state index contributed by atoms with van der Waals surface area (Å²) in [5.41, 5.74) is 12.1. The smallest absolute Gasteiger partial charge is 0.164 e. The molecule has 0 aliphatic rings. The van der Waals surface area contributed by atoms with Gasteiger partial charge in [0, 0.05) is 33.4 Å². The van der Waals surface area contributed by atoms with Gasteiger partial charge in [-0.05, 0) is 45.2 Å². The summed E-state index contributed by atoms with van der Waals surface area (Å²) < 4.78 is 0. The fourth-order valence-electron chi connectivity index (χ4n) is 7.47. The minimum Gasteiger partial charge on any atom is -0.228 e. The van der Waals surface area contributed by atoms with Gasteiger partial charge >= 0.3 is 0 Å². The van der Waals surface area contributed by atoms with Gasteiger partial charge in [0.05, 0.1) is 11.4 Å². The maximum absolute atomic E-state index is 5.11. The summed E-state index contributed by atoms with van der Waals surface area (Å²) in [6, 6.07) is 73.0. The zero-order chi connectivity index (χ0) is 38.7. The molecule has 0 N–H and O–H groups in total. The van der Waals surface area contributed by atoms with Crippen LogP contribution in [0.5, 0.6) is 0 Å². The number of rotatable bonds is 8. The van der Waals surface area contributed by atoms with Crippen molar-refractivity contribution < 1.29 is 0 Å². The highest BCUT2D eigenvalue weighted by Gasteiger charge is 2.16. The highest BCUT2D eigenvalue weighted by molar-refractivity contribution is 6.06. The lowest BCUT2D eigenvalue weighted by Crippen LogP contribution is -2.00. The quantitative estimate of drug-likeness (QED) is 0.155. The minimum absolute atomic E-state index is 0.630. The Bertz CT molecular complexity index is 2900. The second-order valence-electron chi connectivity index (χ2n) is 14.1. The van der Waals surface area contributed by atoms with Crippen molar-refractivity contribution in [2.24, 2.45) is 0 Å². The van der Waals surface area contributed by atoms with Crippen LogP contribution in [0.1, 0.15) is 0 Å². The zero-order valence-corrected chi connectivity index (χ0v) is 31.4. The van der Waals surface area contributed by atoms with E-state index in [-0.39, 0.29) is 0 Å². The first kappa shape index (κ1) is 34.6. The number of hydrogen-bond acceptors (Lipinski definition) is 5. The van der Waals surface area contributed by atoms with Gasteiger partial charge < -0.3 is 0 Å². The zero-order valence-electron chi connectivity index (χ0n) is 31.4. The van der Waals surface area contributed by atoms with E-state index in [1.54, 1.807) is 0 Å². The summed E-state index contributed by atoms with van der Waals surface area (Å²) >= 11 is 0. The molecule has 0 saturated heterocycles. The molecular formula is C53H35N5. The van der Waals surface area contributed by atoms with E-state index in [4.69, 9.17) is 24.9 Å². The molecule has 0 bridgehead atoms. The number of benzene rings is 8. The molecule has 0 radical (unpaired) electrons. The molecule has 58 heavy (non-hydrogen) atoms. The molecule has 5 nitrogen and oxygen atoms in total. The molecule has 272 valence electrons. The molecule has 10 aromatic rings. The highest BCUT2D eigenvalue weighted by Crippen LogP contribution is 2.39. The van der Waals surface area contributed by atoms with Crippen LogP contribution in [0, 0.1) is 0 Å². The molecule has 0 aliphatic heterocycles. The second kappa shape index (κ2) is 15.3. The normalized spacial score (nSPS) is 11.1. The van der Waals surface area contributed by atoms with Crippen LogP contribution in [0.3, 0.4) is 0 Å². The van der Waals surface area contributed by atoms with Gasteiger partial charge in [0.15, 0.2) is 23.3 Å². The van der Waals surface area contributed by atoms with Gasteiger partial charge in [-0.3, -0.25) is 0 Å². The molecular weight excluding hydrogens is 707 g/mol. The molecule has 0 spiro atoms. The van der Waals surface area contributed by atoms with Crippen molar-refractivity contribution in [3.63, 3.8) is 0 Å². The summed E-state index contributed by atoms with van der Waals surface area (Å²) in [5, 5.41) is 2.35. The highest BCUT2D eigenvalue weighted by atomic mass is 15.0. The summed E-state index contributed by atoms with van der Waals surface area (Å²) in [6.45, 7) is 0. The third-order valence-corrected chi connectivity index (χ3v) is 10.4. The first-order valence-corrected chi connectivity index (χ1v) is 19.3. The largest absolute Gasteiger partial charge is 0.228 e. The Morgan fingerprint density at radius 3 is 1.10 bits per heavy atom. The van der Waals surface area contributed by atoms with Gasteiger partial charge in [-0.2, -0.15) is 0 Å². The standard InChI is InChI=1S/C53H35N5/c1-5-16-37(17-6-1)47-35-48(55-50(54-47)39-18-7-2-8-19-39)44-27-13-26-43(34-44)46-29-15-25-38-24-14-28-45(49(38)46)36-30-32-42(33-31-36)53-57-51(40-20-9-3-10-21-40)56-52(58-53)41-22-11-4-12-23-41/h1-35H. The van der Waals surface area contributed by atoms with Crippen LogP contribution in [0.25, 0.3) is 101 Å². The maximum Gasteiger partial charge on any atom is 0.164 e. The molecule has 0 fully saturated rings. The molecule has 5 heteroatoms.